The van der Waals surface area contributed by atoms with E-state index in [0.717, 1.165) is 6.07 Å². The number of alkyl halides is 3. The summed E-state index contributed by atoms with van der Waals surface area (Å²) in [7, 11) is 1.48. The maximum absolute atomic E-state index is 13.6. The minimum Gasteiger partial charge on any atom is -0.343 e. The van der Waals surface area contributed by atoms with Gasteiger partial charge in [-0.15, -0.1) is 0 Å². The fourth-order valence-corrected chi connectivity index (χ4v) is 3.90. The van der Waals surface area contributed by atoms with Gasteiger partial charge in [-0.2, -0.15) is 13.2 Å². The number of hydrogen-bond donors (Lipinski definition) is 2. The number of amides is 2. The summed E-state index contributed by atoms with van der Waals surface area (Å²) in [6, 6.07) is 5.52. The zero-order chi connectivity index (χ0) is 27.0. The van der Waals surface area contributed by atoms with Gasteiger partial charge in [-0.25, -0.2) is 4.39 Å². The number of carbonyl (C=O) groups is 3. The molecule has 0 saturated heterocycles. The topological polar surface area (TPSA) is 93.1 Å². The van der Waals surface area contributed by atoms with Crippen LogP contribution in [-0.4, -0.2) is 27.1 Å². The Labute approximate surface area is 204 Å². The highest BCUT2D eigenvalue weighted by Gasteiger charge is 2.35. The van der Waals surface area contributed by atoms with Crippen molar-refractivity contribution in [3.8, 4) is 0 Å². The van der Waals surface area contributed by atoms with Crippen molar-refractivity contribution in [3.05, 3.63) is 82.2 Å². The van der Waals surface area contributed by atoms with Crippen LogP contribution < -0.4 is 10.6 Å². The van der Waals surface area contributed by atoms with Crippen LogP contribution in [0.1, 0.15) is 57.1 Å². The molecule has 2 amide bonds. The highest BCUT2D eigenvalue weighted by atomic mass is 19.4. The number of rotatable bonds is 6. The fraction of sp³-hybridized carbons (Fsp3) is 0.280. The van der Waals surface area contributed by atoms with Gasteiger partial charge in [-0.3, -0.25) is 19.4 Å². The van der Waals surface area contributed by atoms with Crippen LogP contribution in [0.3, 0.4) is 0 Å². The minimum absolute atomic E-state index is 0.00257. The number of halogens is 4. The molecule has 2 aromatic heterocycles. The number of benzene rings is 1. The van der Waals surface area contributed by atoms with Crippen molar-refractivity contribution in [2.75, 3.05) is 5.32 Å². The number of carbonyl (C=O) groups excluding carboxylic acids is 3. The average Bonchev–Trinajstić information content (AvgIpc) is 3.02. The van der Waals surface area contributed by atoms with E-state index in [1.54, 1.807) is 38.4 Å². The minimum atomic E-state index is -4.95. The smallest absolute Gasteiger partial charge is 0.343 e. The van der Waals surface area contributed by atoms with Crippen molar-refractivity contribution in [1.82, 2.24) is 14.9 Å². The van der Waals surface area contributed by atoms with Crippen LogP contribution in [0.2, 0.25) is 0 Å². The molecule has 190 valence electrons. The molecule has 7 nitrogen and oxygen atoms in total. The summed E-state index contributed by atoms with van der Waals surface area (Å²) in [5.74, 6) is -4.08. The largest absolute Gasteiger partial charge is 0.419 e. The zero-order valence-electron chi connectivity index (χ0n) is 20.2. The van der Waals surface area contributed by atoms with Crippen LogP contribution in [0, 0.1) is 19.7 Å². The van der Waals surface area contributed by atoms with Gasteiger partial charge in [0.15, 0.2) is 0 Å². The van der Waals surface area contributed by atoms with Gasteiger partial charge in [0.05, 0.1) is 16.7 Å². The van der Waals surface area contributed by atoms with E-state index in [1.165, 1.54) is 25.5 Å². The number of aromatic nitrogens is 2. The number of hydrogen-bond acceptors (Lipinski definition) is 4. The van der Waals surface area contributed by atoms with Crippen molar-refractivity contribution in [1.29, 1.82) is 0 Å². The normalized spacial score (nSPS) is 11.8. The van der Waals surface area contributed by atoms with Crippen molar-refractivity contribution in [3.63, 3.8) is 0 Å². The number of anilines is 1. The highest BCUT2D eigenvalue weighted by molar-refractivity contribution is 6.43. The van der Waals surface area contributed by atoms with Gasteiger partial charge in [0.1, 0.15) is 11.5 Å². The Morgan fingerprint density at radius 1 is 1.06 bits per heavy atom. The second kappa shape index (κ2) is 9.56. The lowest BCUT2D eigenvalue weighted by Gasteiger charge is -2.26. The van der Waals surface area contributed by atoms with Crippen LogP contribution in [0.15, 0.2) is 42.7 Å². The van der Waals surface area contributed by atoms with Crippen LogP contribution in [0.25, 0.3) is 0 Å². The molecule has 0 atom stereocenters. The van der Waals surface area contributed by atoms with Crippen molar-refractivity contribution in [2.45, 2.75) is 39.4 Å². The molecule has 0 fully saturated rings. The molecule has 2 N–H and O–H groups in total. The SMILES string of the molecule is Cc1c(C(=O)C(=O)NC(C)(C)c2cccnc2)c(C)n(C)c1C(=O)Nc1ccc(F)c(C(F)(F)F)c1. The fourth-order valence-electron chi connectivity index (χ4n) is 3.90. The summed E-state index contributed by atoms with van der Waals surface area (Å²) < 4.78 is 54.0. The average molecular weight is 504 g/mol. The highest BCUT2D eigenvalue weighted by Crippen LogP contribution is 2.33. The molecular formula is C25H24F4N4O3. The molecule has 36 heavy (non-hydrogen) atoms. The first-order valence-corrected chi connectivity index (χ1v) is 10.8. The predicted octanol–water partition coefficient (Wildman–Crippen LogP) is 4.68. The quantitative estimate of drug-likeness (QED) is 0.290. The third-order valence-corrected chi connectivity index (χ3v) is 5.92. The van der Waals surface area contributed by atoms with E-state index in [2.05, 4.69) is 15.6 Å². The Morgan fingerprint density at radius 2 is 1.72 bits per heavy atom. The predicted molar refractivity (Wildman–Crippen MR) is 124 cm³/mol. The summed E-state index contributed by atoms with van der Waals surface area (Å²) in [6.07, 6.45) is -1.81. The molecule has 2 heterocycles. The number of nitrogens with one attached hydrogen (secondary N) is 2. The Bertz CT molecular complexity index is 1350. The second-order valence-electron chi connectivity index (χ2n) is 8.79. The molecule has 0 spiro atoms. The molecule has 0 aliphatic heterocycles. The Morgan fingerprint density at radius 3 is 2.31 bits per heavy atom. The van der Waals surface area contributed by atoms with E-state index >= 15 is 0 Å². The summed E-state index contributed by atoms with van der Waals surface area (Å²) in [5, 5.41) is 4.97. The first-order valence-electron chi connectivity index (χ1n) is 10.8. The molecule has 3 rings (SSSR count). The van der Waals surface area contributed by atoms with Gasteiger partial charge < -0.3 is 15.2 Å². The van der Waals surface area contributed by atoms with Crippen molar-refractivity contribution >= 4 is 23.3 Å². The maximum atomic E-state index is 13.6. The maximum Gasteiger partial charge on any atom is 0.419 e. The first kappa shape index (κ1) is 26.6. The third kappa shape index (κ3) is 5.14. The van der Waals surface area contributed by atoms with E-state index in [4.69, 9.17) is 0 Å². The summed E-state index contributed by atoms with van der Waals surface area (Å²) >= 11 is 0. The van der Waals surface area contributed by atoms with Crippen LogP contribution in [0.4, 0.5) is 23.2 Å². The van der Waals surface area contributed by atoms with Crippen LogP contribution in [0.5, 0.6) is 0 Å². The Balaban J connectivity index is 1.89. The third-order valence-electron chi connectivity index (χ3n) is 5.92. The molecule has 3 aromatic rings. The first-order chi connectivity index (χ1) is 16.6. The summed E-state index contributed by atoms with van der Waals surface area (Å²) in [4.78, 5) is 42.9. The van der Waals surface area contributed by atoms with E-state index in [0.29, 0.717) is 23.4 Å². The standard InChI is InChI=1S/C25H24F4N4O3/c1-13-19(21(34)23(36)32-24(3,4)15-7-6-10-30-12-15)14(2)33(5)20(13)22(35)31-16-8-9-18(26)17(11-16)25(27,28)29/h6-12H,1-5H3,(H,31,35)(H,32,36). The van der Waals surface area contributed by atoms with E-state index in [1.807, 2.05) is 0 Å². The Kier molecular flexibility index (Phi) is 7.06. The summed E-state index contributed by atoms with van der Waals surface area (Å²) in [6.45, 7) is 6.41. The number of nitrogens with zero attached hydrogens (tertiary/aromatic N) is 2. The molecule has 0 aliphatic carbocycles. The van der Waals surface area contributed by atoms with Crippen molar-refractivity contribution < 1.29 is 31.9 Å². The van der Waals surface area contributed by atoms with Gasteiger partial charge in [-0.1, -0.05) is 6.07 Å². The van der Waals surface area contributed by atoms with Crippen LogP contribution in [-0.2, 0) is 23.6 Å². The van der Waals surface area contributed by atoms with Gasteiger partial charge >= 0.3 is 6.18 Å². The Hall–Kier alpha value is -4.02. The zero-order valence-corrected chi connectivity index (χ0v) is 20.2. The molecular weight excluding hydrogens is 480 g/mol. The second-order valence-corrected chi connectivity index (χ2v) is 8.79. The molecule has 0 bridgehead atoms. The van der Waals surface area contributed by atoms with E-state index in [-0.39, 0.29) is 22.5 Å². The lowest BCUT2D eigenvalue weighted by atomic mass is 9.95. The molecule has 1 aromatic carbocycles. The molecule has 0 radical (unpaired) electrons. The number of pyridine rings is 1. The van der Waals surface area contributed by atoms with Gasteiger partial charge in [-0.05, 0) is 63.1 Å². The molecule has 0 unspecified atom stereocenters. The molecule has 11 heteroatoms. The number of ketones is 1. The van der Waals surface area contributed by atoms with Crippen LogP contribution >= 0.6 is 0 Å². The van der Waals surface area contributed by atoms with Gasteiger partial charge in [0.25, 0.3) is 17.6 Å². The van der Waals surface area contributed by atoms with Gasteiger partial charge in [0, 0.05) is 30.8 Å². The van der Waals surface area contributed by atoms with E-state index in [9.17, 15) is 31.9 Å². The molecule has 0 saturated carbocycles. The summed E-state index contributed by atoms with van der Waals surface area (Å²) in [5.41, 5.74) is -1.61. The lowest BCUT2D eigenvalue weighted by Crippen LogP contribution is -2.44. The molecule has 0 aliphatic rings. The van der Waals surface area contributed by atoms with Crippen molar-refractivity contribution in [2.24, 2.45) is 7.05 Å². The van der Waals surface area contributed by atoms with Gasteiger partial charge in [0.2, 0.25) is 0 Å². The number of Topliss-reactive ketones (excluding diaryl/α,β-unsaturated/α-hetero) is 1. The monoisotopic (exact) mass is 504 g/mol. The lowest BCUT2D eigenvalue weighted by molar-refractivity contribution is -0.140. The van der Waals surface area contributed by atoms with E-state index < -0.39 is 40.7 Å².